The summed E-state index contributed by atoms with van der Waals surface area (Å²) in [6, 6.07) is 11.3. The molecule has 1 N–H and O–H groups in total. The molecule has 1 fully saturated rings. The third kappa shape index (κ3) is 4.18. The Bertz CT molecular complexity index is 638. The van der Waals surface area contributed by atoms with Crippen LogP contribution in [0.25, 0.3) is 0 Å². The predicted octanol–water partition coefficient (Wildman–Crippen LogP) is 1.43. The second-order valence-corrected chi connectivity index (χ2v) is 5.76. The molecule has 2 heterocycles. The maximum atomic E-state index is 10.9. The van der Waals surface area contributed by atoms with Crippen molar-refractivity contribution in [2.45, 2.75) is 12.5 Å². The van der Waals surface area contributed by atoms with E-state index in [-0.39, 0.29) is 13.2 Å². The van der Waals surface area contributed by atoms with E-state index in [4.69, 9.17) is 9.47 Å². The molecule has 0 saturated carbocycles. The van der Waals surface area contributed by atoms with Crippen molar-refractivity contribution < 1.29 is 14.6 Å². The molecule has 6 nitrogen and oxygen atoms in total. The van der Waals surface area contributed by atoms with E-state index in [0.717, 1.165) is 11.6 Å². The molecule has 0 radical (unpaired) electrons. The maximum Gasteiger partial charge on any atom is 0.139 e. The summed E-state index contributed by atoms with van der Waals surface area (Å²) in [5.74, 6) is 2.23. The standard InChI is InChI=1S/C17H21N3O3/c1-14-18-8-7-16(19-14)20-9-10-22-12-17(21,11-20)13-23-15-5-3-2-4-6-15/h2-8,21H,9-13H2,1H3/t17-/m1/s1. The van der Waals surface area contributed by atoms with Gasteiger partial charge in [-0.15, -0.1) is 0 Å². The zero-order valence-electron chi connectivity index (χ0n) is 13.2. The van der Waals surface area contributed by atoms with E-state index in [9.17, 15) is 5.11 Å². The molecule has 0 amide bonds. The average molecular weight is 315 g/mol. The minimum atomic E-state index is -1.09. The van der Waals surface area contributed by atoms with Gasteiger partial charge in [-0.05, 0) is 25.1 Å². The SMILES string of the molecule is Cc1nccc(N2CCOC[C@@](O)(COc3ccccc3)C2)n1. The highest BCUT2D eigenvalue weighted by Crippen LogP contribution is 2.20. The smallest absolute Gasteiger partial charge is 0.139 e. The number of aliphatic hydroxyl groups is 1. The molecule has 6 heteroatoms. The van der Waals surface area contributed by atoms with Gasteiger partial charge in [-0.25, -0.2) is 9.97 Å². The van der Waals surface area contributed by atoms with Gasteiger partial charge >= 0.3 is 0 Å². The van der Waals surface area contributed by atoms with E-state index in [1.54, 1.807) is 6.20 Å². The summed E-state index contributed by atoms with van der Waals surface area (Å²) in [5, 5.41) is 10.9. The lowest BCUT2D eigenvalue weighted by atomic mass is 10.1. The van der Waals surface area contributed by atoms with Gasteiger partial charge in [-0.3, -0.25) is 0 Å². The highest BCUT2D eigenvalue weighted by atomic mass is 16.5. The number of hydrogen-bond acceptors (Lipinski definition) is 6. The molecule has 0 aliphatic carbocycles. The predicted molar refractivity (Wildman–Crippen MR) is 86.7 cm³/mol. The monoisotopic (exact) mass is 315 g/mol. The van der Waals surface area contributed by atoms with Gasteiger partial charge < -0.3 is 19.5 Å². The lowest BCUT2D eigenvalue weighted by Gasteiger charge is -2.31. The third-order valence-corrected chi connectivity index (χ3v) is 3.70. The Morgan fingerprint density at radius 2 is 2.13 bits per heavy atom. The molecule has 3 rings (SSSR count). The number of aromatic nitrogens is 2. The molecule has 1 saturated heterocycles. The van der Waals surface area contributed by atoms with Crippen LogP contribution in [-0.2, 0) is 4.74 Å². The Morgan fingerprint density at radius 1 is 1.30 bits per heavy atom. The van der Waals surface area contributed by atoms with Crippen LogP contribution >= 0.6 is 0 Å². The lowest BCUT2D eigenvalue weighted by Crippen LogP contribution is -2.49. The number of aryl methyl sites for hydroxylation is 1. The van der Waals surface area contributed by atoms with Gasteiger partial charge in [0.05, 0.1) is 19.8 Å². The van der Waals surface area contributed by atoms with Crippen LogP contribution in [0.1, 0.15) is 5.82 Å². The molecule has 2 aromatic rings. The van der Waals surface area contributed by atoms with Crippen LogP contribution in [0.4, 0.5) is 5.82 Å². The molecule has 1 aromatic carbocycles. The van der Waals surface area contributed by atoms with Crippen LogP contribution in [0.2, 0.25) is 0 Å². The summed E-state index contributed by atoms with van der Waals surface area (Å²) in [5.41, 5.74) is -1.09. The number of para-hydroxylation sites is 1. The van der Waals surface area contributed by atoms with Crippen molar-refractivity contribution in [2.24, 2.45) is 0 Å². The van der Waals surface area contributed by atoms with Gasteiger partial charge in [0.2, 0.25) is 0 Å². The Morgan fingerprint density at radius 3 is 2.91 bits per heavy atom. The van der Waals surface area contributed by atoms with E-state index >= 15 is 0 Å². The van der Waals surface area contributed by atoms with Crippen LogP contribution in [0.5, 0.6) is 5.75 Å². The Hall–Kier alpha value is -2.18. The first-order valence-electron chi connectivity index (χ1n) is 7.67. The Labute approximate surface area is 135 Å². The van der Waals surface area contributed by atoms with Crippen LogP contribution in [0, 0.1) is 6.92 Å². The summed E-state index contributed by atoms with van der Waals surface area (Å²) < 4.78 is 11.3. The number of hydrogen-bond donors (Lipinski definition) is 1. The van der Waals surface area contributed by atoms with Gasteiger partial charge in [0, 0.05) is 12.7 Å². The van der Waals surface area contributed by atoms with E-state index in [0.29, 0.717) is 25.5 Å². The molecule has 23 heavy (non-hydrogen) atoms. The number of nitrogens with zero attached hydrogens (tertiary/aromatic N) is 3. The molecule has 1 aliphatic rings. The molecular weight excluding hydrogens is 294 g/mol. The Kier molecular flexibility index (Phi) is 4.73. The fourth-order valence-corrected chi connectivity index (χ4v) is 2.55. The first kappa shape index (κ1) is 15.7. The summed E-state index contributed by atoms with van der Waals surface area (Å²) in [6.07, 6.45) is 1.73. The first-order valence-corrected chi connectivity index (χ1v) is 7.67. The van der Waals surface area contributed by atoms with Crippen molar-refractivity contribution in [1.82, 2.24) is 9.97 Å². The number of benzene rings is 1. The van der Waals surface area contributed by atoms with E-state index < -0.39 is 5.60 Å². The molecule has 1 atom stereocenters. The van der Waals surface area contributed by atoms with E-state index in [1.165, 1.54) is 0 Å². The largest absolute Gasteiger partial charge is 0.490 e. The van der Waals surface area contributed by atoms with Crippen LogP contribution in [0.3, 0.4) is 0 Å². The number of rotatable bonds is 4. The Balaban J connectivity index is 1.70. The quantitative estimate of drug-likeness (QED) is 0.921. The van der Waals surface area contributed by atoms with Crippen molar-refractivity contribution in [2.75, 3.05) is 37.8 Å². The summed E-state index contributed by atoms with van der Waals surface area (Å²) in [4.78, 5) is 10.6. The van der Waals surface area contributed by atoms with Crippen LogP contribution < -0.4 is 9.64 Å². The second-order valence-electron chi connectivity index (χ2n) is 5.76. The molecule has 0 unspecified atom stereocenters. The topological polar surface area (TPSA) is 67.7 Å². The van der Waals surface area contributed by atoms with Gasteiger partial charge in [-0.2, -0.15) is 0 Å². The highest BCUT2D eigenvalue weighted by Gasteiger charge is 2.34. The zero-order chi connectivity index (χ0) is 16.1. The van der Waals surface area contributed by atoms with Crippen molar-refractivity contribution >= 4 is 5.82 Å². The zero-order valence-corrected chi connectivity index (χ0v) is 13.2. The van der Waals surface area contributed by atoms with Crippen molar-refractivity contribution in [3.63, 3.8) is 0 Å². The van der Waals surface area contributed by atoms with Gasteiger partial charge in [0.1, 0.15) is 29.6 Å². The summed E-state index contributed by atoms with van der Waals surface area (Å²) in [7, 11) is 0. The van der Waals surface area contributed by atoms with Gasteiger partial charge in [0.25, 0.3) is 0 Å². The summed E-state index contributed by atoms with van der Waals surface area (Å²) in [6.45, 7) is 3.86. The number of ether oxygens (including phenoxy) is 2. The second kappa shape index (κ2) is 6.93. The normalized spacial score (nSPS) is 21.7. The van der Waals surface area contributed by atoms with Crippen molar-refractivity contribution in [3.8, 4) is 5.75 Å². The number of anilines is 1. The van der Waals surface area contributed by atoms with Crippen molar-refractivity contribution in [3.05, 3.63) is 48.4 Å². The highest BCUT2D eigenvalue weighted by molar-refractivity contribution is 5.38. The fourth-order valence-electron chi connectivity index (χ4n) is 2.55. The van der Waals surface area contributed by atoms with E-state index in [2.05, 4.69) is 9.97 Å². The molecule has 1 aromatic heterocycles. The number of β-amino-alcohol motifs (C(OH)–C–C–N with tert-alkyl or cyclic N) is 1. The minimum Gasteiger partial charge on any atom is -0.490 e. The van der Waals surface area contributed by atoms with E-state index in [1.807, 2.05) is 48.2 Å². The fraction of sp³-hybridized carbons (Fsp3) is 0.412. The summed E-state index contributed by atoms with van der Waals surface area (Å²) >= 11 is 0. The van der Waals surface area contributed by atoms with Crippen LogP contribution in [-0.4, -0.2) is 53.6 Å². The van der Waals surface area contributed by atoms with Gasteiger partial charge in [0.15, 0.2) is 0 Å². The molecule has 1 aliphatic heterocycles. The molecule has 122 valence electrons. The molecular formula is C17H21N3O3. The third-order valence-electron chi connectivity index (χ3n) is 3.70. The maximum absolute atomic E-state index is 10.9. The lowest BCUT2D eigenvalue weighted by molar-refractivity contribution is -0.0536. The molecule has 0 spiro atoms. The van der Waals surface area contributed by atoms with Crippen molar-refractivity contribution in [1.29, 1.82) is 0 Å². The minimum absolute atomic E-state index is 0.164. The van der Waals surface area contributed by atoms with Gasteiger partial charge in [-0.1, -0.05) is 18.2 Å². The first-order chi connectivity index (χ1) is 11.1. The molecule has 0 bridgehead atoms. The van der Waals surface area contributed by atoms with Crippen LogP contribution in [0.15, 0.2) is 42.6 Å². The average Bonchev–Trinajstić information content (AvgIpc) is 2.77.